The number of carboxylic acids is 1. The minimum Gasteiger partial charge on any atom is -0.481 e. The van der Waals surface area contributed by atoms with E-state index in [-0.39, 0.29) is 12.1 Å². The molecule has 19 heavy (non-hydrogen) atoms. The van der Waals surface area contributed by atoms with Crippen molar-refractivity contribution in [3.05, 3.63) is 47.8 Å². The number of carbonyl (C=O) groups excluding carboxylic acids is 1. The highest BCUT2D eigenvalue weighted by Gasteiger charge is 2.19. The van der Waals surface area contributed by atoms with Crippen LogP contribution in [0.25, 0.3) is 0 Å². The smallest absolute Gasteiger partial charge is 0.305 e. The van der Waals surface area contributed by atoms with Gasteiger partial charge in [0.15, 0.2) is 5.69 Å². The molecule has 0 bridgehead atoms. The van der Waals surface area contributed by atoms with Crippen molar-refractivity contribution in [1.29, 1.82) is 0 Å². The maximum Gasteiger partial charge on any atom is 0.305 e. The van der Waals surface area contributed by atoms with E-state index in [1.54, 1.807) is 24.3 Å². The molecule has 0 saturated heterocycles. The van der Waals surface area contributed by atoms with Crippen LogP contribution in [0.1, 0.15) is 28.5 Å². The van der Waals surface area contributed by atoms with E-state index in [1.165, 1.54) is 6.20 Å². The van der Waals surface area contributed by atoms with E-state index in [9.17, 15) is 9.59 Å². The summed E-state index contributed by atoms with van der Waals surface area (Å²) in [6.45, 7) is 0. The Kier molecular flexibility index (Phi) is 3.87. The van der Waals surface area contributed by atoms with Crippen LogP contribution in [0.2, 0.25) is 0 Å². The van der Waals surface area contributed by atoms with Crippen molar-refractivity contribution in [2.75, 3.05) is 0 Å². The molecule has 0 fully saturated rings. The number of nitrogens with one attached hydrogen (secondary N) is 2. The quantitative estimate of drug-likeness (QED) is 0.735. The van der Waals surface area contributed by atoms with E-state index < -0.39 is 17.9 Å². The van der Waals surface area contributed by atoms with Crippen LogP contribution in [0.5, 0.6) is 0 Å². The number of aromatic nitrogens is 3. The van der Waals surface area contributed by atoms with E-state index in [2.05, 4.69) is 20.7 Å². The minimum absolute atomic E-state index is 0.117. The van der Waals surface area contributed by atoms with Crippen molar-refractivity contribution < 1.29 is 14.7 Å². The van der Waals surface area contributed by atoms with Gasteiger partial charge in [0.2, 0.25) is 0 Å². The summed E-state index contributed by atoms with van der Waals surface area (Å²) in [5.41, 5.74) is 0.841. The SMILES string of the molecule is O=C(O)CC(NC(=O)c1cn[nH]n1)c1ccccc1. The van der Waals surface area contributed by atoms with Gasteiger partial charge in [0.05, 0.1) is 18.7 Å². The fraction of sp³-hybridized carbons (Fsp3) is 0.167. The summed E-state index contributed by atoms with van der Waals surface area (Å²) in [7, 11) is 0. The van der Waals surface area contributed by atoms with Crippen molar-refractivity contribution in [3.63, 3.8) is 0 Å². The number of hydrogen-bond acceptors (Lipinski definition) is 4. The van der Waals surface area contributed by atoms with Gasteiger partial charge >= 0.3 is 5.97 Å². The highest BCUT2D eigenvalue weighted by atomic mass is 16.4. The van der Waals surface area contributed by atoms with Gasteiger partial charge in [-0.15, -0.1) is 0 Å². The lowest BCUT2D eigenvalue weighted by Gasteiger charge is -2.16. The first-order chi connectivity index (χ1) is 9.16. The summed E-state index contributed by atoms with van der Waals surface area (Å²) < 4.78 is 0. The van der Waals surface area contributed by atoms with Gasteiger partial charge in [0.1, 0.15) is 0 Å². The monoisotopic (exact) mass is 260 g/mol. The zero-order chi connectivity index (χ0) is 13.7. The molecule has 1 amide bonds. The standard InChI is InChI=1S/C12H12N4O3/c17-11(18)6-9(8-4-2-1-3-5-8)14-12(19)10-7-13-16-15-10/h1-5,7,9H,6H2,(H,14,19)(H,17,18)(H,13,15,16). The number of H-pyrrole nitrogens is 1. The summed E-state index contributed by atoms with van der Waals surface area (Å²) in [6, 6.07) is 8.30. The first-order valence-electron chi connectivity index (χ1n) is 5.60. The molecule has 1 aromatic heterocycles. The second-order valence-corrected chi connectivity index (χ2v) is 3.89. The predicted molar refractivity (Wildman–Crippen MR) is 65.3 cm³/mol. The number of rotatable bonds is 5. The fourth-order valence-corrected chi connectivity index (χ4v) is 1.66. The van der Waals surface area contributed by atoms with Crippen LogP contribution in [0.3, 0.4) is 0 Å². The van der Waals surface area contributed by atoms with E-state index in [0.717, 1.165) is 5.56 Å². The molecular weight excluding hydrogens is 248 g/mol. The first-order valence-corrected chi connectivity index (χ1v) is 5.60. The number of carboxylic acid groups (broad SMARTS) is 1. The van der Waals surface area contributed by atoms with E-state index in [0.29, 0.717) is 0 Å². The molecule has 0 aliphatic carbocycles. The average molecular weight is 260 g/mol. The molecule has 1 atom stereocenters. The van der Waals surface area contributed by atoms with Gasteiger partial charge < -0.3 is 10.4 Å². The summed E-state index contributed by atoms with van der Waals surface area (Å²) in [6.07, 6.45) is 1.08. The molecule has 3 N–H and O–H groups in total. The van der Waals surface area contributed by atoms with E-state index in [4.69, 9.17) is 5.11 Å². The zero-order valence-electron chi connectivity index (χ0n) is 9.91. The van der Waals surface area contributed by atoms with Crippen LogP contribution >= 0.6 is 0 Å². The number of benzene rings is 1. The average Bonchev–Trinajstić information content (AvgIpc) is 2.92. The van der Waals surface area contributed by atoms with Gasteiger partial charge in [-0.1, -0.05) is 30.3 Å². The van der Waals surface area contributed by atoms with Gasteiger partial charge in [0.25, 0.3) is 5.91 Å². The van der Waals surface area contributed by atoms with Gasteiger partial charge in [-0.3, -0.25) is 9.59 Å². The minimum atomic E-state index is -0.991. The Labute approximate surface area is 108 Å². The van der Waals surface area contributed by atoms with Crippen LogP contribution in [0, 0.1) is 0 Å². The number of aliphatic carboxylic acids is 1. The highest BCUT2D eigenvalue weighted by Crippen LogP contribution is 2.16. The molecule has 0 saturated carbocycles. The fourth-order valence-electron chi connectivity index (χ4n) is 1.66. The van der Waals surface area contributed by atoms with Crippen molar-refractivity contribution in [2.45, 2.75) is 12.5 Å². The molecule has 98 valence electrons. The molecule has 2 aromatic rings. The summed E-state index contributed by atoms with van der Waals surface area (Å²) in [5.74, 6) is -1.46. The summed E-state index contributed by atoms with van der Waals surface area (Å²) in [4.78, 5) is 22.7. The van der Waals surface area contributed by atoms with Crippen LogP contribution in [0.15, 0.2) is 36.5 Å². The molecule has 0 radical (unpaired) electrons. The van der Waals surface area contributed by atoms with Gasteiger partial charge in [0, 0.05) is 0 Å². The third-order valence-electron chi connectivity index (χ3n) is 2.53. The normalized spacial score (nSPS) is 11.8. The van der Waals surface area contributed by atoms with E-state index >= 15 is 0 Å². The maximum absolute atomic E-state index is 11.8. The Hall–Kier alpha value is -2.70. The van der Waals surface area contributed by atoms with Crippen LogP contribution in [-0.2, 0) is 4.79 Å². The Morgan fingerprint density at radius 3 is 2.63 bits per heavy atom. The third-order valence-corrected chi connectivity index (χ3v) is 2.53. The molecule has 0 aliphatic heterocycles. The Balaban J connectivity index is 2.15. The lowest BCUT2D eigenvalue weighted by Crippen LogP contribution is -2.30. The lowest BCUT2D eigenvalue weighted by atomic mass is 10.0. The van der Waals surface area contributed by atoms with Crippen LogP contribution in [0.4, 0.5) is 0 Å². The number of carbonyl (C=O) groups is 2. The molecule has 1 heterocycles. The highest BCUT2D eigenvalue weighted by molar-refractivity contribution is 5.92. The number of hydrogen-bond donors (Lipinski definition) is 3. The topological polar surface area (TPSA) is 108 Å². The maximum atomic E-state index is 11.8. The Bertz CT molecular complexity index is 554. The van der Waals surface area contributed by atoms with Crippen LogP contribution < -0.4 is 5.32 Å². The third kappa shape index (κ3) is 3.38. The number of amides is 1. The summed E-state index contributed by atoms with van der Waals surface area (Å²) in [5, 5.41) is 21.0. The van der Waals surface area contributed by atoms with Gasteiger partial charge in [-0.05, 0) is 5.56 Å². The molecule has 7 nitrogen and oxygen atoms in total. The number of aromatic amines is 1. The van der Waals surface area contributed by atoms with Crippen molar-refractivity contribution >= 4 is 11.9 Å². The second-order valence-electron chi connectivity index (χ2n) is 3.89. The van der Waals surface area contributed by atoms with Crippen molar-refractivity contribution in [3.8, 4) is 0 Å². The zero-order valence-corrected chi connectivity index (χ0v) is 9.91. The molecular formula is C12H12N4O3. The van der Waals surface area contributed by atoms with Gasteiger partial charge in [-0.25, -0.2) is 0 Å². The lowest BCUT2D eigenvalue weighted by molar-refractivity contribution is -0.137. The molecule has 1 unspecified atom stereocenters. The van der Waals surface area contributed by atoms with Crippen LogP contribution in [-0.4, -0.2) is 32.4 Å². The molecule has 1 aromatic carbocycles. The molecule has 0 spiro atoms. The van der Waals surface area contributed by atoms with Crippen molar-refractivity contribution in [1.82, 2.24) is 20.7 Å². The molecule has 0 aliphatic rings. The first kappa shape index (κ1) is 12.7. The number of nitrogens with zero attached hydrogens (tertiary/aromatic N) is 2. The Morgan fingerprint density at radius 2 is 2.05 bits per heavy atom. The Morgan fingerprint density at radius 1 is 1.32 bits per heavy atom. The molecule has 7 heteroatoms. The van der Waals surface area contributed by atoms with Gasteiger partial charge in [-0.2, -0.15) is 15.4 Å². The second kappa shape index (κ2) is 5.76. The van der Waals surface area contributed by atoms with Crippen molar-refractivity contribution in [2.24, 2.45) is 0 Å². The molecule has 2 rings (SSSR count). The van der Waals surface area contributed by atoms with E-state index in [1.807, 2.05) is 6.07 Å². The predicted octanol–water partition coefficient (Wildman–Crippen LogP) is 0.750. The largest absolute Gasteiger partial charge is 0.481 e. The summed E-state index contributed by atoms with van der Waals surface area (Å²) >= 11 is 0.